The second-order valence-corrected chi connectivity index (χ2v) is 6.17. The fourth-order valence-electron chi connectivity index (χ4n) is 2.32. The minimum absolute atomic E-state index is 0.0461. The summed E-state index contributed by atoms with van der Waals surface area (Å²) >= 11 is 0. The highest BCUT2D eigenvalue weighted by Gasteiger charge is 2.27. The zero-order valence-corrected chi connectivity index (χ0v) is 13.2. The quantitative estimate of drug-likeness (QED) is 0.668. The number of carbonyl (C=O) groups is 2. The summed E-state index contributed by atoms with van der Waals surface area (Å²) in [6.07, 6.45) is 0. The fourth-order valence-corrected chi connectivity index (χ4v) is 2.32. The number of rotatable bonds is 3. The Labute approximate surface area is 134 Å². The molecule has 2 aromatic carbocycles. The summed E-state index contributed by atoms with van der Waals surface area (Å²) in [6.45, 7) is 5.56. The van der Waals surface area contributed by atoms with Gasteiger partial charge in [-0.15, -0.1) is 0 Å². The third-order valence-corrected chi connectivity index (χ3v) is 3.31. The van der Waals surface area contributed by atoms with E-state index in [-0.39, 0.29) is 22.6 Å². The Morgan fingerprint density at radius 1 is 1.00 bits per heavy atom. The molecular formula is C18H18O5. The monoisotopic (exact) mass is 314 g/mol. The number of phenols is 1. The van der Waals surface area contributed by atoms with Crippen LogP contribution < -0.4 is 4.74 Å². The van der Waals surface area contributed by atoms with Gasteiger partial charge in [0, 0.05) is 5.56 Å². The zero-order chi connectivity index (χ0) is 17.2. The third-order valence-electron chi connectivity index (χ3n) is 3.31. The number of esters is 1. The van der Waals surface area contributed by atoms with Gasteiger partial charge in [0.2, 0.25) is 0 Å². The van der Waals surface area contributed by atoms with Gasteiger partial charge in [-0.05, 0) is 41.8 Å². The van der Waals surface area contributed by atoms with E-state index in [0.717, 1.165) is 0 Å². The summed E-state index contributed by atoms with van der Waals surface area (Å²) in [7, 11) is 0. The minimum atomic E-state index is -1.07. The first kappa shape index (κ1) is 16.5. The van der Waals surface area contributed by atoms with Gasteiger partial charge in [0.1, 0.15) is 11.5 Å². The Hall–Kier alpha value is -2.82. The molecule has 0 bridgehead atoms. The molecule has 2 rings (SSSR count). The predicted octanol–water partition coefficient (Wildman–Crippen LogP) is 3.61. The Morgan fingerprint density at radius 3 is 2.13 bits per heavy atom. The van der Waals surface area contributed by atoms with Crippen LogP contribution in [0, 0.1) is 0 Å². The molecular weight excluding hydrogens is 296 g/mol. The number of hydrogen-bond acceptors (Lipinski definition) is 4. The Balaban J connectivity index is 2.43. The second kappa shape index (κ2) is 6.12. The molecule has 5 heteroatoms. The molecule has 0 heterocycles. The molecule has 0 aliphatic rings. The molecule has 0 spiro atoms. The number of carboxylic acid groups (broad SMARTS) is 1. The van der Waals surface area contributed by atoms with Crippen LogP contribution in [0.25, 0.3) is 0 Å². The molecule has 0 fully saturated rings. The predicted molar refractivity (Wildman–Crippen MR) is 85.2 cm³/mol. The number of carboxylic acids is 1. The summed E-state index contributed by atoms with van der Waals surface area (Å²) in [5.74, 6) is -1.42. The number of aromatic carboxylic acids is 1. The summed E-state index contributed by atoms with van der Waals surface area (Å²) < 4.78 is 5.40. The lowest BCUT2D eigenvalue weighted by Crippen LogP contribution is -2.20. The van der Waals surface area contributed by atoms with E-state index in [1.165, 1.54) is 36.4 Å². The number of phenolic OH excluding ortho intramolecular Hbond substituents is 1. The number of benzene rings is 2. The van der Waals surface area contributed by atoms with Gasteiger partial charge in [0.05, 0.1) is 11.1 Å². The van der Waals surface area contributed by atoms with Crippen LogP contribution in [0.3, 0.4) is 0 Å². The van der Waals surface area contributed by atoms with Crippen LogP contribution in [0.15, 0.2) is 42.5 Å². The highest BCUT2D eigenvalue weighted by atomic mass is 16.5. The van der Waals surface area contributed by atoms with Crippen LogP contribution in [0.2, 0.25) is 0 Å². The van der Waals surface area contributed by atoms with Crippen molar-refractivity contribution in [3.8, 4) is 11.5 Å². The average molecular weight is 314 g/mol. The van der Waals surface area contributed by atoms with Crippen LogP contribution >= 0.6 is 0 Å². The van der Waals surface area contributed by atoms with Crippen LogP contribution in [-0.4, -0.2) is 22.2 Å². The smallest absolute Gasteiger partial charge is 0.343 e. The van der Waals surface area contributed by atoms with Gasteiger partial charge in [0.25, 0.3) is 0 Å². The van der Waals surface area contributed by atoms with Crippen LogP contribution in [-0.2, 0) is 5.41 Å². The lowest BCUT2D eigenvalue weighted by molar-refractivity contribution is 0.0682. The highest BCUT2D eigenvalue weighted by molar-refractivity contribution is 5.93. The second-order valence-electron chi connectivity index (χ2n) is 6.17. The van der Waals surface area contributed by atoms with Crippen molar-refractivity contribution in [2.45, 2.75) is 26.2 Å². The van der Waals surface area contributed by atoms with Crippen molar-refractivity contribution in [1.82, 2.24) is 0 Å². The van der Waals surface area contributed by atoms with Crippen molar-refractivity contribution in [3.05, 3.63) is 59.2 Å². The lowest BCUT2D eigenvalue weighted by atomic mass is 9.83. The van der Waals surface area contributed by atoms with Crippen molar-refractivity contribution < 1.29 is 24.5 Å². The van der Waals surface area contributed by atoms with Gasteiger partial charge >= 0.3 is 11.9 Å². The van der Waals surface area contributed by atoms with Crippen LogP contribution in [0.4, 0.5) is 0 Å². The molecule has 0 saturated carbocycles. The molecule has 0 atom stereocenters. The Kier molecular flexibility index (Phi) is 4.40. The molecule has 0 saturated heterocycles. The first-order chi connectivity index (χ1) is 10.7. The van der Waals surface area contributed by atoms with Gasteiger partial charge in [0.15, 0.2) is 0 Å². The van der Waals surface area contributed by atoms with E-state index < -0.39 is 17.4 Å². The SMILES string of the molecule is CC(C)(C)c1c(OC(=O)c2ccc(O)cc2)cccc1C(=O)O. The Bertz CT molecular complexity index is 739. The third kappa shape index (κ3) is 3.69. The molecule has 120 valence electrons. The zero-order valence-electron chi connectivity index (χ0n) is 13.2. The van der Waals surface area contributed by atoms with E-state index >= 15 is 0 Å². The van der Waals surface area contributed by atoms with E-state index in [9.17, 15) is 19.8 Å². The summed E-state index contributed by atoms with van der Waals surface area (Å²) in [5.41, 5.74) is 0.316. The Morgan fingerprint density at radius 2 is 1.61 bits per heavy atom. The van der Waals surface area contributed by atoms with Gasteiger partial charge in [-0.25, -0.2) is 9.59 Å². The molecule has 2 aromatic rings. The molecule has 23 heavy (non-hydrogen) atoms. The van der Waals surface area contributed by atoms with Gasteiger partial charge in [-0.3, -0.25) is 0 Å². The van der Waals surface area contributed by atoms with Crippen molar-refractivity contribution in [2.24, 2.45) is 0 Å². The number of carbonyl (C=O) groups excluding carboxylic acids is 1. The topological polar surface area (TPSA) is 83.8 Å². The molecule has 0 amide bonds. The first-order valence-electron chi connectivity index (χ1n) is 7.08. The molecule has 5 nitrogen and oxygen atoms in total. The summed E-state index contributed by atoms with van der Waals surface area (Å²) in [4.78, 5) is 23.7. The van der Waals surface area contributed by atoms with Crippen LogP contribution in [0.5, 0.6) is 11.5 Å². The van der Waals surface area contributed by atoms with E-state index in [4.69, 9.17) is 4.74 Å². The molecule has 2 N–H and O–H groups in total. The highest BCUT2D eigenvalue weighted by Crippen LogP contribution is 2.35. The van der Waals surface area contributed by atoms with Gasteiger partial charge < -0.3 is 14.9 Å². The average Bonchev–Trinajstić information content (AvgIpc) is 2.46. The number of hydrogen-bond donors (Lipinski definition) is 2. The number of ether oxygens (including phenoxy) is 1. The maximum atomic E-state index is 12.2. The van der Waals surface area contributed by atoms with E-state index in [0.29, 0.717) is 5.56 Å². The maximum absolute atomic E-state index is 12.2. The van der Waals surface area contributed by atoms with Crippen molar-refractivity contribution in [1.29, 1.82) is 0 Å². The van der Waals surface area contributed by atoms with Crippen molar-refractivity contribution in [2.75, 3.05) is 0 Å². The molecule has 0 unspecified atom stereocenters. The minimum Gasteiger partial charge on any atom is -0.508 e. The van der Waals surface area contributed by atoms with Crippen molar-refractivity contribution in [3.63, 3.8) is 0 Å². The largest absolute Gasteiger partial charge is 0.508 e. The van der Waals surface area contributed by atoms with E-state index in [2.05, 4.69) is 0 Å². The standard InChI is InChI=1S/C18H18O5/c1-18(2,3)15-13(16(20)21)5-4-6-14(15)23-17(22)11-7-9-12(19)10-8-11/h4-10,19H,1-3H3,(H,20,21). The van der Waals surface area contributed by atoms with Gasteiger partial charge in [-0.2, -0.15) is 0 Å². The number of aromatic hydroxyl groups is 1. The van der Waals surface area contributed by atoms with Crippen molar-refractivity contribution >= 4 is 11.9 Å². The van der Waals surface area contributed by atoms with E-state index in [1.807, 2.05) is 20.8 Å². The lowest BCUT2D eigenvalue weighted by Gasteiger charge is -2.24. The maximum Gasteiger partial charge on any atom is 0.343 e. The van der Waals surface area contributed by atoms with Crippen LogP contribution in [0.1, 0.15) is 47.1 Å². The molecule has 0 aromatic heterocycles. The van der Waals surface area contributed by atoms with E-state index in [1.54, 1.807) is 6.07 Å². The molecule has 0 aliphatic carbocycles. The summed E-state index contributed by atoms with van der Waals surface area (Å²) in [5, 5.41) is 18.6. The first-order valence-corrected chi connectivity index (χ1v) is 7.08. The fraction of sp³-hybridized carbons (Fsp3) is 0.222. The molecule has 0 radical (unpaired) electrons. The summed E-state index contributed by atoms with van der Waals surface area (Å²) in [6, 6.07) is 10.2. The van der Waals surface area contributed by atoms with Gasteiger partial charge in [-0.1, -0.05) is 26.8 Å². The normalized spacial score (nSPS) is 11.1. The molecule has 0 aliphatic heterocycles.